The Hall–Kier alpha value is -6.07. The summed E-state index contributed by atoms with van der Waals surface area (Å²) in [7, 11) is -3.76. The van der Waals surface area contributed by atoms with Crippen molar-refractivity contribution in [3.63, 3.8) is 0 Å². The standard InChI is InChI=1S/C57H46Si2/c1-57(2)48-29-10-7-18-37(48)42-27-15-28-45(56(42)57)53-40-23-13-21-35(38-25-16-32-51-54(38)43-19-8-11-30-49(43)58(51,3)4)46(40)34-47-36(22-14-24-41(47)53)39-26-17-33-52-55(39)44-20-9-12-31-50(44)59(52,5)6/h7-34H,1-6H3. The van der Waals surface area contributed by atoms with Crippen molar-refractivity contribution in [2.75, 3.05) is 0 Å². The molecule has 0 amide bonds. The Kier molecular flexibility index (Phi) is 7.11. The minimum atomic E-state index is -1.88. The topological polar surface area (TPSA) is 0 Å². The predicted octanol–water partition coefficient (Wildman–Crippen LogP) is 12.9. The van der Waals surface area contributed by atoms with Gasteiger partial charge < -0.3 is 0 Å². The third-order valence-electron chi connectivity index (χ3n) is 14.7. The lowest BCUT2D eigenvalue weighted by Crippen LogP contribution is -2.49. The molecule has 2 heterocycles. The van der Waals surface area contributed by atoms with Crippen LogP contribution in [0, 0.1) is 0 Å². The molecule has 12 rings (SSSR count). The van der Waals surface area contributed by atoms with Crippen LogP contribution >= 0.6 is 0 Å². The highest BCUT2D eigenvalue weighted by molar-refractivity contribution is 7.04. The Bertz CT molecular complexity index is 3140. The van der Waals surface area contributed by atoms with E-state index in [1.165, 1.54) is 99.4 Å². The minimum absolute atomic E-state index is 0.160. The zero-order valence-corrected chi connectivity index (χ0v) is 36.7. The highest BCUT2D eigenvalue weighted by atomic mass is 28.3. The Morgan fingerprint density at radius 1 is 0.305 bits per heavy atom. The second-order valence-corrected chi connectivity index (χ2v) is 27.4. The van der Waals surface area contributed by atoms with Crippen molar-refractivity contribution in [3.05, 3.63) is 181 Å². The van der Waals surface area contributed by atoms with E-state index in [2.05, 4.69) is 210 Å². The van der Waals surface area contributed by atoms with Crippen molar-refractivity contribution in [1.29, 1.82) is 0 Å². The average molecular weight is 787 g/mol. The third-order valence-corrected chi connectivity index (χ3v) is 21.8. The molecule has 0 aromatic heterocycles. The second kappa shape index (κ2) is 12.0. The molecule has 0 bridgehead atoms. The van der Waals surface area contributed by atoms with Crippen LogP contribution in [0.15, 0.2) is 170 Å². The zero-order chi connectivity index (χ0) is 40.0. The Morgan fingerprint density at radius 3 is 1.25 bits per heavy atom. The Morgan fingerprint density at radius 2 is 0.695 bits per heavy atom. The smallest absolute Gasteiger partial charge is 0.0623 e. The summed E-state index contributed by atoms with van der Waals surface area (Å²) in [5.74, 6) is 0. The van der Waals surface area contributed by atoms with E-state index in [0.717, 1.165) is 0 Å². The van der Waals surface area contributed by atoms with Crippen LogP contribution in [0.4, 0.5) is 0 Å². The molecule has 282 valence electrons. The summed E-state index contributed by atoms with van der Waals surface area (Å²) in [6.45, 7) is 15.0. The van der Waals surface area contributed by atoms with Gasteiger partial charge in [0.1, 0.15) is 16.1 Å². The van der Waals surface area contributed by atoms with Gasteiger partial charge in [-0.25, -0.2) is 0 Å². The summed E-state index contributed by atoms with van der Waals surface area (Å²) in [5.41, 5.74) is 19.1. The molecule has 0 unspecified atom stereocenters. The van der Waals surface area contributed by atoms with Crippen molar-refractivity contribution in [2.45, 2.75) is 45.5 Å². The first-order chi connectivity index (χ1) is 28.6. The highest BCUT2D eigenvalue weighted by Crippen LogP contribution is 2.55. The van der Waals surface area contributed by atoms with E-state index in [1.54, 1.807) is 20.7 Å². The molecule has 0 nitrogen and oxygen atoms in total. The largest absolute Gasteiger partial charge is 0.113 e. The molecule has 1 aliphatic carbocycles. The maximum Gasteiger partial charge on any atom is 0.113 e. The molecular weight excluding hydrogens is 741 g/mol. The molecular formula is C57H46Si2. The van der Waals surface area contributed by atoms with Crippen molar-refractivity contribution in [2.24, 2.45) is 0 Å². The molecule has 2 aliphatic heterocycles. The fraction of sp³-hybridized carbons (Fsp3) is 0.123. The van der Waals surface area contributed by atoms with Crippen molar-refractivity contribution in [1.82, 2.24) is 0 Å². The van der Waals surface area contributed by atoms with E-state index >= 15 is 0 Å². The predicted molar refractivity (Wildman–Crippen MR) is 260 cm³/mol. The van der Waals surface area contributed by atoms with Gasteiger partial charge in [0.25, 0.3) is 0 Å². The SMILES string of the molecule is CC1(C)c2ccccc2-c2cccc(-c3c4cccc(-c5cccc6c5-c5ccccc5[Si]6(C)C)c4cc4c(-c5cccc6c5-c5ccccc5[Si]6(C)C)cccc34)c21. The number of hydrogen-bond donors (Lipinski definition) is 0. The molecule has 0 fully saturated rings. The quantitative estimate of drug-likeness (QED) is 0.124. The first-order valence-corrected chi connectivity index (χ1v) is 27.3. The third kappa shape index (κ3) is 4.54. The van der Waals surface area contributed by atoms with Gasteiger partial charge in [0.15, 0.2) is 0 Å². The lowest BCUT2D eigenvalue weighted by Gasteiger charge is -2.26. The zero-order valence-electron chi connectivity index (χ0n) is 34.7. The minimum Gasteiger partial charge on any atom is -0.0623 e. The molecule has 9 aromatic rings. The summed E-state index contributed by atoms with van der Waals surface area (Å²) >= 11 is 0. The fourth-order valence-corrected chi connectivity index (χ4v) is 18.1. The number of benzene rings is 9. The molecule has 9 aromatic carbocycles. The Balaban J connectivity index is 1.23. The molecule has 0 spiro atoms. The molecule has 3 aliphatic rings. The summed E-state index contributed by atoms with van der Waals surface area (Å²) in [6, 6.07) is 65.6. The monoisotopic (exact) mass is 786 g/mol. The van der Waals surface area contributed by atoms with E-state index in [-0.39, 0.29) is 5.41 Å². The van der Waals surface area contributed by atoms with Crippen molar-refractivity contribution < 1.29 is 0 Å². The first-order valence-electron chi connectivity index (χ1n) is 21.3. The van der Waals surface area contributed by atoms with E-state index in [4.69, 9.17) is 0 Å². The molecule has 59 heavy (non-hydrogen) atoms. The maximum atomic E-state index is 2.56. The van der Waals surface area contributed by atoms with Gasteiger partial charge in [0, 0.05) is 5.41 Å². The Labute approximate surface area is 349 Å². The molecule has 0 saturated carbocycles. The van der Waals surface area contributed by atoms with Gasteiger partial charge >= 0.3 is 0 Å². The highest BCUT2D eigenvalue weighted by Gasteiger charge is 2.41. The number of rotatable bonds is 3. The van der Waals surface area contributed by atoms with Crippen LogP contribution in [0.25, 0.3) is 88.3 Å². The van der Waals surface area contributed by atoms with Crippen LogP contribution in [-0.2, 0) is 5.41 Å². The normalized spacial score (nSPS) is 15.7. The molecule has 0 saturated heterocycles. The first kappa shape index (κ1) is 34.9. The van der Waals surface area contributed by atoms with Gasteiger partial charge in [-0.1, -0.05) is 204 Å². The molecule has 2 heteroatoms. The van der Waals surface area contributed by atoms with Crippen molar-refractivity contribution in [3.8, 4) is 66.8 Å². The van der Waals surface area contributed by atoms with Crippen LogP contribution in [0.1, 0.15) is 25.0 Å². The number of hydrogen-bond acceptors (Lipinski definition) is 0. The molecule has 0 atom stereocenters. The van der Waals surface area contributed by atoms with Crippen molar-refractivity contribution >= 4 is 58.4 Å². The van der Waals surface area contributed by atoms with Gasteiger partial charge in [-0.2, -0.15) is 0 Å². The summed E-state index contributed by atoms with van der Waals surface area (Å²) in [5, 5.41) is 11.4. The number of fused-ring (bicyclic) bond motifs is 11. The van der Waals surface area contributed by atoms with Gasteiger partial charge in [-0.15, -0.1) is 0 Å². The van der Waals surface area contributed by atoms with Crippen LogP contribution in [0.2, 0.25) is 26.2 Å². The van der Waals surface area contributed by atoms with Gasteiger partial charge in [0.2, 0.25) is 0 Å². The fourth-order valence-electron chi connectivity index (χ4n) is 11.9. The van der Waals surface area contributed by atoms with Gasteiger partial charge in [-0.3, -0.25) is 0 Å². The van der Waals surface area contributed by atoms with E-state index in [1.807, 2.05) is 0 Å². The summed E-state index contributed by atoms with van der Waals surface area (Å²) in [4.78, 5) is 0. The maximum absolute atomic E-state index is 2.56. The van der Waals surface area contributed by atoms with E-state index in [0.29, 0.717) is 0 Å². The summed E-state index contributed by atoms with van der Waals surface area (Å²) in [6.07, 6.45) is 0. The van der Waals surface area contributed by atoms with Crippen LogP contribution < -0.4 is 20.7 Å². The van der Waals surface area contributed by atoms with Gasteiger partial charge in [-0.05, 0) is 126 Å². The second-order valence-electron chi connectivity index (χ2n) is 18.7. The summed E-state index contributed by atoms with van der Waals surface area (Å²) < 4.78 is 0. The lowest BCUT2D eigenvalue weighted by atomic mass is 9.76. The lowest BCUT2D eigenvalue weighted by molar-refractivity contribution is 0.662. The van der Waals surface area contributed by atoms with E-state index < -0.39 is 16.1 Å². The molecule has 0 radical (unpaired) electrons. The van der Waals surface area contributed by atoms with E-state index in [9.17, 15) is 0 Å². The van der Waals surface area contributed by atoms with Crippen LogP contribution in [-0.4, -0.2) is 16.1 Å². The van der Waals surface area contributed by atoms with Crippen LogP contribution in [0.3, 0.4) is 0 Å². The van der Waals surface area contributed by atoms with Crippen LogP contribution in [0.5, 0.6) is 0 Å². The molecule has 0 N–H and O–H groups in total. The average Bonchev–Trinajstić information content (AvgIpc) is 3.75. The van der Waals surface area contributed by atoms with Gasteiger partial charge in [0.05, 0.1) is 0 Å².